The Labute approximate surface area is 171 Å². The van der Waals surface area contributed by atoms with Crippen molar-refractivity contribution in [3.8, 4) is 0 Å². The highest BCUT2D eigenvalue weighted by atomic mass is 32.2. The van der Waals surface area contributed by atoms with Gasteiger partial charge in [0, 0.05) is 28.9 Å². The van der Waals surface area contributed by atoms with Gasteiger partial charge in [0.1, 0.15) is 0 Å². The molecule has 3 rings (SSSR count). The summed E-state index contributed by atoms with van der Waals surface area (Å²) in [5.74, 6) is -0.159. The Bertz CT molecular complexity index is 865. The van der Waals surface area contributed by atoms with Gasteiger partial charge in [-0.2, -0.15) is 0 Å². The number of hydrogen-bond acceptors (Lipinski definition) is 4. The van der Waals surface area contributed by atoms with Crippen LogP contribution in [-0.2, 0) is 0 Å². The fourth-order valence-electron chi connectivity index (χ4n) is 3.29. The van der Waals surface area contributed by atoms with Crippen LogP contribution in [-0.4, -0.2) is 49.9 Å². The molecule has 0 saturated carbocycles. The number of nitrogens with one attached hydrogen (secondary N) is 1. The topological polar surface area (TPSA) is 52.7 Å². The highest BCUT2D eigenvalue weighted by Gasteiger charge is 2.25. The van der Waals surface area contributed by atoms with Gasteiger partial charge in [-0.05, 0) is 56.4 Å². The number of fused-ring (bicyclic) bond motifs is 2. The number of nitrogens with zero attached hydrogens (tertiary/aromatic N) is 2. The van der Waals surface area contributed by atoms with Crippen molar-refractivity contribution >= 4 is 29.3 Å². The summed E-state index contributed by atoms with van der Waals surface area (Å²) in [5, 5.41) is 2.99. The predicted molar refractivity (Wildman–Crippen MR) is 114 cm³/mol. The van der Waals surface area contributed by atoms with Crippen LogP contribution in [0.1, 0.15) is 41.0 Å². The second-order valence-corrected chi connectivity index (χ2v) is 7.87. The van der Waals surface area contributed by atoms with Crippen LogP contribution in [0.3, 0.4) is 0 Å². The van der Waals surface area contributed by atoms with Crippen molar-refractivity contribution in [3.63, 3.8) is 0 Å². The molecular formula is C22H27N3O2S. The first-order valence-electron chi connectivity index (χ1n) is 9.74. The number of carbonyl (C=O) groups is 2. The van der Waals surface area contributed by atoms with E-state index in [1.54, 1.807) is 23.7 Å². The molecule has 0 fully saturated rings. The summed E-state index contributed by atoms with van der Waals surface area (Å²) < 4.78 is 0. The fraction of sp³-hybridized carbons (Fsp3) is 0.364. The van der Waals surface area contributed by atoms with Gasteiger partial charge < -0.3 is 15.1 Å². The molecule has 1 aliphatic rings. The van der Waals surface area contributed by atoms with E-state index in [4.69, 9.17) is 0 Å². The van der Waals surface area contributed by atoms with Crippen LogP contribution in [0.5, 0.6) is 0 Å². The number of amides is 2. The van der Waals surface area contributed by atoms with Gasteiger partial charge in [-0.1, -0.05) is 37.7 Å². The molecule has 5 nitrogen and oxygen atoms in total. The lowest BCUT2D eigenvalue weighted by Crippen LogP contribution is -2.30. The smallest absolute Gasteiger partial charge is 0.259 e. The largest absolute Gasteiger partial charge is 0.352 e. The quantitative estimate of drug-likeness (QED) is 0.720. The molecule has 0 unspecified atom stereocenters. The van der Waals surface area contributed by atoms with Crippen LogP contribution in [0, 0.1) is 0 Å². The van der Waals surface area contributed by atoms with E-state index >= 15 is 0 Å². The van der Waals surface area contributed by atoms with Crippen LogP contribution in [0.25, 0.3) is 0 Å². The molecule has 0 saturated heterocycles. The monoisotopic (exact) mass is 397 g/mol. The lowest BCUT2D eigenvalue weighted by Gasteiger charge is -2.19. The summed E-state index contributed by atoms with van der Waals surface area (Å²) in [6.45, 7) is 7.95. The zero-order valence-corrected chi connectivity index (χ0v) is 17.5. The van der Waals surface area contributed by atoms with E-state index in [9.17, 15) is 9.59 Å². The van der Waals surface area contributed by atoms with Gasteiger partial charge in [-0.25, -0.2) is 0 Å². The van der Waals surface area contributed by atoms with Crippen molar-refractivity contribution in [1.29, 1.82) is 0 Å². The van der Waals surface area contributed by atoms with Gasteiger partial charge in [0.25, 0.3) is 11.8 Å². The third-order valence-corrected chi connectivity index (χ3v) is 6.20. The minimum Gasteiger partial charge on any atom is -0.352 e. The summed E-state index contributed by atoms with van der Waals surface area (Å²) in [4.78, 5) is 31.3. The van der Waals surface area contributed by atoms with Crippen molar-refractivity contribution in [2.75, 3.05) is 38.1 Å². The number of carbonyl (C=O) groups excluding carboxylic acids is 2. The molecule has 0 bridgehead atoms. The Morgan fingerprint density at radius 2 is 1.86 bits per heavy atom. The van der Waals surface area contributed by atoms with E-state index in [0.29, 0.717) is 17.7 Å². The Morgan fingerprint density at radius 1 is 1.11 bits per heavy atom. The first-order valence-corrected chi connectivity index (χ1v) is 10.6. The summed E-state index contributed by atoms with van der Waals surface area (Å²) in [7, 11) is 1.76. The Hall–Kier alpha value is -2.31. The number of rotatable bonds is 7. The van der Waals surface area contributed by atoms with Crippen molar-refractivity contribution in [3.05, 3.63) is 53.6 Å². The molecule has 6 heteroatoms. The zero-order chi connectivity index (χ0) is 20.1. The maximum absolute atomic E-state index is 12.8. The summed E-state index contributed by atoms with van der Waals surface area (Å²) in [6.07, 6.45) is 0.919. The molecule has 0 aromatic heterocycles. The highest BCUT2D eigenvalue weighted by molar-refractivity contribution is 7.99. The Balaban J connectivity index is 1.71. The van der Waals surface area contributed by atoms with Crippen molar-refractivity contribution in [2.45, 2.75) is 30.1 Å². The van der Waals surface area contributed by atoms with E-state index in [1.807, 2.05) is 42.5 Å². The highest BCUT2D eigenvalue weighted by Crippen LogP contribution is 2.41. The Kier molecular flexibility index (Phi) is 6.75. The molecule has 1 N–H and O–H groups in total. The molecule has 2 amide bonds. The standard InChI is InChI=1S/C22H27N3O2S/c1-4-25(5-2)14-8-13-23-21(26)16-11-12-20-18(15-16)24(3)22(27)17-9-6-7-10-19(17)28-20/h6-7,9-12,15H,4-5,8,13-14H2,1-3H3,(H,23,26). The lowest BCUT2D eigenvalue weighted by atomic mass is 10.1. The van der Waals surface area contributed by atoms with Crippen LogP contribution < -0.4 is 10.2 Å². The third-order valence-electron chi connectivity index (χ3n) is 5.06. The number of benzene rings is 2. The van der Waals surface area contributed by atoms with E-state index < -0.39 is 0 Å². The van der Waals surface area contributed by atoms with Gasteiger partial charge >= 0.3 is 0 Å². The molecule has 28 heavy (non-hydrogen) atoms. The van der Waals surface area contributed by atoms with Gasteiger partial charge in [0.05, 0.1) is 11.3 Å². The van der Waals surface area contributed by atoms with Gasteiger partial charge in [-0.15, -0.1) is 0 Å². The second kappa shape index (κ2) is 9.26. The Morgan fingerprint density at radius 3 is 2.61 bits per heavy atom. The molecular weight excluding hydrogens is 370 g/mol. The summed E-state index contributed by atoms with van der Waals surface area (Å²) >= 11 is 1.56. The maximum Gasteiger partial charge on any atom is 0.259 e. The molecule has 148 valence electrons. The van der Waals surface area contributed by atoms with Gasteiger partial charge in [0.2, 0.25) is 0 Å². The van der Waals surface area contributed by atoms with Gasteiger partial charge in [-0.3, -0.25) is 9.59 Å². The molecule has 0 spiro atoms. The molecule has 0 atom stereocenters. The predicted octanol–water partition coefficient (Wildman–Crippen LogP) is 3.89. The molecule has 1 aliphatic heterocycles. The second-order valence-electron chi connectivity index (χ2n) is 6.78. The minimum atomic E-state index is -0.102. The first-order chi connectivity index (χ1) is 13.5. The van der Waals surface area contributed by atoms with Crippen LogP contribution in [0.4, 0.5) is 5.69 Å². The number of anilines is 1. The van der Waals surface area contributed by atoms with Crippen LogP contribution in [0.2, 0.25) is 0 Å². The van der Waals surface area contributed by atoms with Crippen molar-refractivity contribution in [2.24, 2.45) is 0 Å². The minimum absolute atomic E-state index is 0.0568. The molecule has 2 aromatic carbocycles. The maximum atomic E-state index is 12.8. The van der Waals surface area contributed by atoms with Crippen LogP contribution in [0.15, 0.2) is 52.3 Å². The summed E-state index contributed by atoms with van der Waals surface area (Å²) in [5.41, 5.74) is 2.03. The molecule has 0 aliphatic carbocycles. The first kappa shape index (κ1) is 20.4. The van der Waals surface area contributed by atoms with Crippen LogP contribution >= 0.6 is 11.8 Å². The molecule has 1 heterocycles. The average molecular weight is 398 g/mol. The molecule has 0 radical (unpaired) electrons. The number of hydrogen-bond donors (Lipinski definition) is 1. The normalized spacial score (nSPS) is 13.1. The van der Waals surface area contributed by atoms with E-state index in [2.05, 4.69) is 24.1 Å². The SMILES string of the molecule is CCN(CC)CCCNC(=O)c1ccc2c(c1)N(C)C(=O)c1ccccc1S2. The van der Waals surface area contributed by atoms with E-state index in [-0.39, 0.29) is 11.8 Å². The van der Waals surface area contributed by atoms with Crippen molar-refractivity contribution in [1.82, 2.24) is 10.2 Å². The van der Waals surface area contributed by atoms with Crippen molar-refractivity contribution < 1.29 is 9.59 Å². The average Bonchev–Trinajstić information content (AvgIpc) is 2.83. The molecule has 2 aromatic rings. The lowest BCUT2D eigenvalue weighted by molar-refractivity contribution is 0.0949. The third kappa shape index (κ3) is 4.39. The van der Waals surface area contributed by atoms with Gasteiger partial charge in [0.15, 0.2) is 0 Å². The van der Waals surface area contributed by atoms with E-state index in [0.717, 1.165) is 41.5 Å². The summed E-state index contributed by atoms with van der Waals surface area (Å²) in [6, 6.07) is 13.2. The zero-order valence-electron chi connectivity index (χ0n) is 16.7. The fourth-order valence-corrected chi connectivity index (χ4v) is 4.38. The van der Waals surface area contributed by atoms with E-state index in [1.165, 1.54) is 0 Å².